The molecule has 1 unspecified atom stereocenters. The zero-order valence-corrected chi connectivity index (χ0v) is 13.7. The molecule has 1 N–H and O–H groups in total. The molecule has 1 aromatic rings. The van der Waals surface area contributed by atoms with Crippen LogP contribution in [0.5, 0.6) is 0 Å². The molecule has 0 saturated carbocycles. The molecule has 1 atom stereocenters. The van der Waals surface area contributed by atoms with Gasteiger partial charge in [-0.05, 0) is 31.0 Å². The van der Waals surface area contributed by atoms with Crippen molar-refractivity contribution in [3.05, 3.63) is 29.3 Å². The van der Waals surface area contributed by atoms with E-state index in [1.165, 1.54) is 0 Å². The molecular weight excluding hydrogens is 286 g/mol. The minimum atomic E-state index is 0.0435. The van der Waals surface area contributed by atoms with Crippen molar-refractivity contribution >= 4 is 23.3 Å². The van der Waals surface area contributed by atoms with E-state index in [0.29, 0.717) is 5.92 Å². The van der Waals surface area contributed by atoms with Crippen molar-refractivity contribution in [3.63, 3.8) is 0 Å². The highest BCUT2D eigenvalue weighted by atomic mass is 35.5. The average molecular weight is 310 g/mol. The van der Waals surface area contributed by atoms with Gasteiger partial charge in [-0.1, -0.05) is 31.5 Å². The van der Waals surface area contributed by atoms with Crippen molar-refractivity contribution in [1.29, 1.82) is 0 Å². The number of urea groups is 1. The summed E-state index contributed by atoms with van der Waals surface area (Å²) in [6.07, 6.45) is 0. The van der Waals surface area contributed by atoms with E-state index in [1.807, 2.05) is 30.0 Å². The van der Waals surface area contributed by atoms with Gasteiger partial charge in [0.2, 0.25) is 0 Å². The first kappa shape index (κ1) is 16.0. The number of amides is 2. The number of halogens is 1. The molecule has 0 aromatic heterocycles. The minimum Gasteiger partial charge on any atom is -0.368 e. The Balaban J connectivity index is 1.87. The molecule has 21 heavy (non-hydrogen) atoms. The number of anilines is 1. The van der Waals surface area contributed by atoms with Crippen molar-refractivity contribution in [1.82, 2.24) is 10.2 Å². The summed E-state index contributed by atoms with van der Waals surface area (Å²) in [5, 5.41) is 3.81. The number of carbonyl (C=O) groups excluding carboxylic acids is 1. The van der Waals surface area contributed by atoms with Gasteiger partial charge in [-0.15, -0.1) is 0 Å². The fourth-order valence-corrected chi connectivity index (χ4v) is 2.48. The molecule has 116 valence electrons. The quantitative estimate of drug-likeness (QED) is 0.930. The molecule has 1 saturated heterocycles. The van der Waals surface area contributed by atoms with Gasteiger partial charge in [-0.25, -0.2) is 4.79 Å². The van der Waals surface area contributed by atoms with Gasteiger partial charge in [-0.2, -0.15) is 0 Å². The lowest BCUT2D eigenvalue weighted by Crippen LogP contribution is -2.53. The van der Waals surface area contributed by atoms with Gasteiger partial charge >= 0.3 is 6.03 Å². The Hall–Kier alpha value is -1.42. The monoisotopic (exact) mass is 309 g/mol. The number of piperazine rings is 1. The van der Waals surface area contributed by atoms with E-state index >= 15 is 0 Å². The SMILES string of the molecule is CC(C)C(C)NC(=O)N1CCN(c2cccc(Cl)c2)CC1. The number of nitrogens with one attached hydrogen (secondary N) is 1. The molecule has 2 rings (SSSR count). The normalized spacial score (nSPS) is 17.0. The van der Waals surface area contributed by atoms with Crippen LogP contribution in [0.25, 0.3) is 0 Å². The van der Waals surface area contributed by atoms with E-state index < -0.39 is 0 Å². The third kappa shape index (κ3) is 4.27. The highest BCUT2D eigenvalue weighted by Gasteiger charge is 2.22. The predicted octanol–water partition coefficient (Wildman–Crippen LogP) is 3.22. The maximum Gasteiger partial charge on any atom is 0.317 e. The van der Waals surface area contributed by atoms with E-state index in [9.17, 15) is 4.79 Å². The van der Waals surface area contributed by atoms with E-state index in [-0.39, 0.29) is 12.1 Å². The first-order valence-corrected chi connectivity index (χ1v) is 7.91. The Morgan fingerprint density at radius 1 is 1.19 bits per heavy atom. The first-order valence-electron chi connectivity index (χ1n) is 7.53. The van der Waals surface area contributed by atoms with Gasteiger partial charge in [0.25, 0.3) is 0 Å². The molecule has 0 radical (unpaired) electrons. The minimum absolute atomic E-state index is 0.0435. The third-order valence-electron chi connectivity index (χ3n) is 4.09. The molecule has 0 spiro atoms. The summed E-state index contributed by atoms with van der Waals surface area (Å²) in [6.45, 7) is 9.43. The second kappa shape index (κ2) is 7.03. The molecule has 0 bridgehead atoms. The Labute approximate surface area is 132 Å². The summed E-state index contributed by atoms with van der Waals surface area (Å²) >= 11 is 6.03. The summed E-state index contributed by atoms with van der Waals surface area (Å²) in [5.74, 6) is 0.446. The highest BCUT2D eigenvalue weighted by Crippen LogP contribution is 2.20. The standard InChI is InChI=1S/C16H24ClN3O/c1-12(2)13(3)18-16(21)20-9-7-19(8-10-20)15-6-4-5-14(17)11-15/h4-6,11-13H,7-10H2,1-3H3,(H,18,21). The van der Waals surface area contributed by atoms with Crippen LogP contribution in [0.4, 0.5) is 10.5 Å². The number of hydrogen-bond donors (Lipinski definition) is 1. The summed E-state index contributed by atoms with van der Waals surface area (Å²) < 4.78 is 0. The molecule has 4 nitrogen and oxygen atoms in total. The van der Waals surface area contributed by atoms with Crippen molar-refractivity contribution in [2.24, 2.45) is 5.92 Å². The summed E-state index contributed by atoms with van der Waals surface area (Å²) in [5.41, 5.74) is 1.12. The molecular formula is C16H24ClN3O. The average Bonchev–Trinajstić information content (AvgIpc) is 2.47. The van der Waals surface area contributed by atoms with E-state index in [0.717, 1.165) is 36.9 Å². The van der Waals surface area contributed by atoms with Crippen LogP contribution in [-0.4, -0.2) is 43.2 Å². The topological polar surface area (TPSA) is 35.6 Å². The Morgan fingerprint density at radius 2 is 1.86 bits per heavy atom. The van der Waals surface area contributed by atoms with Crippen molar-refractivity contribution in [2.45, 2.75) is 26.8 Å². The lowest BCUT2D eigenvalue weighted by atomic mass is 10.1. The maximum atomic E-state index is 12.2. The molecule has 2 amide bonds. The summed E-state index contributed by atoms with van der Waals surface area (Å²) in [7, 11) is 0. The van der Waals surface area contributed by atoms with Crippen LogP contribution in [0.1, 0.15) is 20.8 Å². The second-order valence-corrected chi connectivity index (χ2v) is 6.37. The lowest BCUT2D eigenvalue weighted by molar-refractivity contribution is 0.188. The maximum absolute atomic E-state index is 12.2. The van der Waals surface area contributed by atoms with E-state index in [1.54, 1.807) is 0 Å². The predicted molar refractivity (Wildman–Crippen MR) is 88.1 cm³/mol. The van der Waals surface area contributed by atoms with Gasteiger partial charge in [0.05, 0.1) is 0 Å². The Morgan fingerprint density at radius 3 is 2.43 bits per heavy atom. The van der Waals surface area contributed by atoms with E-state index in [4.69, 9.17) is 11.6 Å². The Bertz CT molecular complexity index is 484. The van der Waals surface area contributed by atoms with Crippen molar-refractivity contribution < 1.29 is 4.79 Å². The number of rotatable bonds is 3. The number of nitrogens with zero attached hydrogens (tertiary/aromatic N) is 2. The highest BCUT2D eigenvalue weighted by molar-refractivity contribution is 6.30. The first-order chi connectivity index (χ1) is 9.97. The lowest BCUT2D eigenvalue weighted by Gasteiger charge is -2.36. The van der Waals surface area contributed by atoms with Gasteiger partial charge < -0.3 is 15.1 Å². The van der Waals surface area contributed by atoms with Gasteiger partial charge in [0, 0.05) is 42.9 Å². The second-order valence-electron chi connectivity index (χ2n) is 5.94. The number of carbonyl (C=O) groups is 1. The van der Waals surface area contributed by atoms with Crippen molar-refractivity contribution in [3.8, 4) is 0 Å². The molecule has 5 heteroatoms. The van der Waals surface area contributed by atoms with Gasteiger partial charge in [-0.3, -0.25) is 0 Å². The summed E-state index contributed by atoms with van der Waals surface area (Å²) in [6, 6.07) is 8.11. The van der Waals surface area contributed by atoms with Gasteiger partial charge in [0.1, 0.15) is 0 Å². The molecule has 1 aromatic carbocycles. The van der Waals surface area contributed by atoms with Crippen LogP contribution in [0.2, 0.25) is 5.02 Å². The van der Waals surface area contributed by atoms with Crippen LogP contribution in [0, 0.1) is 5.92 Å². The van der Waals surface area contributed by atoms with Crippen LogP contribution >= 0.6 is 11.6 Å². The van der Waals surface area contributed by atoms with Crippen LogP contribution in [0.15, 0.2) is 24.3 Å². The van der Waals surface area contributed by atoms with Crippen molar-refractivity contribution in [2.75, 3.05) is 31.1 Å². The zero-order valence-electron chi connectivity index (χ0n) is 13.0. The van der Waals surface area contributed by atoms with Crippen LogP contribution in [0.3, 0.4) is 0 Å². The smallest absolute Gasteiger partial charge is 0.317 e. The largest absolute Gasteiger partial charge is 0.368 e. The molecule has 1 heterocycles. The number of benzene rings is 1. The van der Waals surface area contributed by atoms with E-state index in [2.05, 4.69) is 30.1 Å². The third-order valence-corrected chi connectivity index (χ3v) is 4.33. The van der Waals surface area contributed by atoms with Crippen LogP contribution < -0.4 is 10.2 Å². The number of hydrogen-bond acceptors (Lipinski definition) is 2. The molecule has 1 aliphatic rings. The molecule has 1 fully saturated rings. The molecule has 1 aliphatic heterocycles. The fraction of sp³-hybridized carbons (Fsp3) is 0.562. The molecule has 0 aliphatic carbocycles. The fourth-order valence-electron chi connectivity index (χ4n) is 2.29. The summed E-state index contributed by atoms with van der Waals surface area (Å²) in [4.78, 5) is 16.3. The zero-order chi connectivity index (χ0) is 15.4. The van der Waals surface area contributed by atoms with Gasteiger partial charge in [0.15, 0.2) is 0 Å². The Kier molecular flexibility index (Phi) is 5.34. The van der Waals surface area contributed by atoms with Crippen LogP contribution in [-0.2, 0) is 0 Å².